The number of urea groups is 1. The molecule has 1 aliphatic rings. The van der Waals surface area contributed by atoms with Gasteiger partial charge in [-0.05, 0) is 56.2 Å². The minimum atomic E-state index is -0.495. The number of carbonyl (C=O) groups is 2. The van der Waals surface area contributed by atoms with E-state index < -0.39 is 11.5 Å². The van der Waals surface area contributed by atoms with Crippen molar-refractivity contribution >= 4 is 29.1 Å². The van der Waals surface area contributed by atoms with Crippen LogP contribution in [-0.2, 0) is 7.05 Å². The molecule has 11 heteroatoms. The molecule has 0 radical (unpaired) electrons. The highest BCUT2D eigenvalue weighted by atomic mass is 16.2. The highest BCUT2D eigenvalue weighted by molar-refractivity contribution is 6.05. The monoisotopic (exact) mass is 602 g/mol. The Labute approximate surface area is 260 Å². The number of aromatic nitrogens is 4. The molecule has 228 valence electrons. The zero-order chi connectivity index (χ0) is 31.5. The number of nitrogens with one attached hydrogen (secondary N) is 3. The van der Waals surface area contributed by atoms with Gasteiger partial charge in [-0.3, -0.25) is 14.3 Å². The van der Waals surface area contributed by atoms with Crippen molar-refractivity contribution in [3.8, 4) is 28.2 Å². The molecule has 5 N–H and O–H groups in total. The molecule has 1 fully saturated rings. The van der Waals surface area contributed by atoms with E-state index in [4.69, 9.17) is 10.7 Å². The number of rotatable bonds is 7. The van der Waals surface area contributed by atoms with Gasteiger partial charge in [0, 0.05) is 35.6 Å². The maximum absolute atomic E-state index is 13.2. The summed E-state index contributed by atoms with van der Waals surface area (Å²) in [6.45, 7) is 1.74. The molecule has 0 unspecified atom stereocenters. The maximum Gasteiger partial charge on any atom is 0.319 e. The summed E-state index contributed by atoms with van der Waals surface area (Å²) in [4.78, 5) is 47.9. The predicted molar refractivity (Wildman–Crippen MR) is 175 cm³/mol. The molecule has 45 heavy (non-hydrogen) atoms. The normalized spacial score (nSPS) is 13.0. The summed E-state index contributed by atoms with van der Waals surface area (Å²) in [6, 6.07) is 23.6. The Morgan fingerprint density at radius 2 is 1.49 bits per heavy atom. The zero-order valence-electron chi connectivity index (χ0n) is 25.1. The molecule has 0 saturated heterocycles. The summed E-state index contributed by atoms with van der Waals surface area (Å²) in [6.07, 6.45) is 5.95. The van der Waals surface area contributed by atoms with Crippen molar-refractivity contribution in [2.24, 2.45) is 7.05 Å². The van der Waals surface area contributed by atoms with E-state index in [2.05, 4.69) is 20.9 Å². The topological polar surface area (TPSA) is 149 Å². The third-order valence-corrected chi connectivity index (χ3v) is 8.13. The standard InChI is InChI=1S/C34H34N8O3/c1-21-29(33(44)42(41(21)2)27-10-4-3-5-11-27)32(43)37-25-18-14-23(15-19-25)30-31(35)36-20-28(40-30)22-12-16-26(17-13-22)39-34(45)38-24-8-6-7-9-24/h3-5,10-20,24H,6-9H2,1-2H3,(H2,35,36)(H,37,43)(H2,38,39,45). The molecule has 2 heterocycles. The summed E-state index contributed by atoms with van der Waals surface area (Å²) < 4.78 is 3.14. The van der Waals surface area contributed by atoms with Crippen LogP contribution in [0.1, 0.15) is 41.7 Å². The molecule has 0 aliphatic heterocycles. The summed E-state index contributed by atoms with van der Waals surface area (Å²) in [5.41, 5.74) is 10.9. The number of nitrogens with zero attached hydrogens (tertiary/aromatic N) is 4. The average Bonchev–Trinajstić information content (AvgIpc) is 3.63. The van der Waals surface area contributed by atoms with Crippen LogP contribution in [0.5, 0.6) is 0 Å². The fourth-order valence-electron chi connectivity index (χ4n) is 5.63. The minimum absolute atomic E-state index is 0.0731. The van der Waals surface area contributed by atoms with E-state index in [1.807, 2.05) is 54.6 Å². The smallest absolute Gasteiger partial charge is 0.319 e. The van der Waals surface area contributed by atoms with Crippen LogP contribution in [0, 0.1) is 6.92 Å². The third kappa shape index (κ3) is 6.19. The van der Waals surface area contributed by atoms with Crippen LogP contribution in [0.2, 0.25) is 0 Å². The number of amides is 3. The second-order valence-electron chi connectivity index (χ2n) is 11.1. The molecule has 1 saturated carbocycles. The van der Waals surface area contributed by atoms with Crippen LogP contribution in [0.4, 0.5) is 22.0 Å². The van der Waals surface area contributed by atoms with E-state index in [9.17, 15) is 14.4 Å². The number of benzene rings is 3. The van der Waals surface area contributed by atoms with Gasteiger partial charge in [0.25, 0.3) is 11.5 Å². The molecule has 6 rings (SSSR count). The fourth-order valence-corrected chi connectivity index (χ4v) is 5.63. The molecule has 0 atom stereocenters. The van der Waals surface area contributed by atoms with Crippen LogP contribution in [0.3, 0.4) is 0 Å². The predicted octanol–water partition coefficient (Wildman–Crippen LogP) is 5.51. The summed E-state index contributed by atoms with van der Waals surface area (Å²) >= 11 is 0. The minimum Gasteiger partial charge on any atom is -0.382 e. The average molecular weight is 603 g/mol. The van der Waals surface area contributed by atoms with E-state index in [1.165, 1.54) is 4.68 Å². The van der Waals surface area contributed by atoms with Gasteiger partial charge in [0.15, 0.2) is 0 Å². The van der Waals surface area contributed by atoms with E-state index in [-0.39, 0.29) is 23.5 Å². The van der Waals surface area contributed by atoms with Gasteiger partial charge < -0.3 is 21.7 Å². The summed E-state index contributed by atoms with van der Waals surface area (Å²) in [7, 11) is 1.75. The third-order valence-electron chi connectivity index (χ3n) is 8.13. The molecule has 11 nitrogen and oxygen atoms in total. The summed E-state index contributed by atoms with van der Waals surface area (Å²) in [5, 5.41) is 8.74. The lowest BCUT2D eigenvalue weighted by molar-refractivity contribution is 0.102. The number of hydrogen-bond donors (Lipinski definition) is 4. The van der Waals surface area contributed by atoms with Crippen molar-refractivity contribution in [3.63, 3.8) is 0 Å². The number of hydrogen-bond acceptors (Lipinski definition) is 6. The number of carbonyl (C=O) groups excluding carboxylic acids is 2. The SMILES string of the molecule is Cc1c(C(=O)Nc2ccc(-c3nc(-c4ccc(NC(=O)NC5CCCC5)cc4)cnc3N)cc2)c(=O)n(-c2ccccc2)n1C. The lowest BCUT2D eigenvalue weighted by Gasteiger charge is -2.13. The van der Waals surface area contributed by atoms with Gasteiger partial charge in [0.2, 0.25) is 0 Å². The number of nitrogens with two attached hydrogens (primary N) is 1. The van der Waals surface area contributed by atoms with Crippen LogP contribution in [0.15, 0.2) is 89.9 Å². The summed E-state index contributed by atoms with van der Waals surface area (Å²) in [5.74, 6) is -0.232. The highest BCUT2D eigenvalue weighted by Crippen LogP contribution is 2.28. The number of anilines is 3. The molecular weight excluding hydrogens is 568 g/mol. The number of para-hydroxylation sites is 1. The first-order valence-electron chi connectivity index (χ1n) is 14.8. The molecule has 5 aromatic rings. The second kappa shape index (κ2) is 12.5. The number of nitrogen functional groups attached to an aromatic ring is 1. The van der Waals surface area contributed by atoms with Gasteiger partial charge in [0.1, 0.15) is 17.1 Å². The van der Waals surface area contributed by atoms with E-state index in [0.717, 1.165) is 31.2 Å². The zero-order valence-corrected chi connectivity index (χ0v) is 25.1. The lowest BCUT2D eigenvalue weighted by atomic mass is 10.1. The first-order chi connectivity index (χ1) is 21.8. The highest BCUT2D eigenvalue weighted by Gasteiger charge is 2.22. The van der Waals surface area contributed by atoms with Crippen LogP contribution >= 0.6 is 0 Å². The Bertz CT molecular complexity index is 1910. The van der Waals surface area contributed by atoms with Crippen LogP contribution in [0.25, 0.3) is 28.2 Å². The van der Waals surface area contributed by atoms with Crippen molar-refractivity contribution in [2.45, 2.75) is 38.6 Å². The van der Waals surface area contributed by atoms with Gasteiger partial charge in [-0.25, -0.2) is 19.4 Å². The quantitative estimate of drug-likeness (QED) is 0.193. The Kier molecular flexibility index (Phi) is 8.15. The molecular formula is C34H34N8O3. The van der Waals surface area contributed by atoms with Gasteiger partial charge in [-0.1, -0.05) is 55.3 Å². The largest absolute Gasteiger partial charge is 0.382 e. The van der Waals surface area contributed by atoms with E-state index in [0.29, 0.717) is 39.7 Å². The molecule has 2 aromatic heterocycles. The second-order valence-corrected chi connectivity index (χ2v) is 11.1. The molecule has 3 aromatic carbocycles. The molecule has 0 bridgehead atoms. The fraction of sp³-hybridized carbons (Fsp3) is 0.206. The van der Waals surface area contributed by atoms with Crippen molar-refractivity contribution in [2.75, 3.05) is 16.4 Å². The molecule has 3 amide bonds. The van der Waals surface area contributed by atoms with Crippen molar-refractivity contribution < 1.29 is 9.59 Å². The van der Waals surface area contributed by atoms with Crippen molar-refractivity contribution in [1.82, 2.24) is 24.6 Å². The van der Waals surface area contributed by atoms with Gasteiger partial charge in [-0.15, -0.1) is 0 Å². The molecule has 1 aliphatic carbocycles. The Morgan fingerprint density at radius 1 is 0.867 bits per heavy atom. The van der Waals surface area contributed by atoms with Crippen LogP contribution in [-0.4, -0.2) is 37.3 Å². The van der Waals surface area contributed by atoms with Crippen molar-refractivity contribution in [3.05, 3.63) is 107 Å². The first-order valence-corrected chi connectivity index (χ1v) is 14.8. The Hall–Kier alpha value is -5.71. The lowest BCUT2D eigenvalue weighted by Crippen LogP contribution is -2.36. The first kappa shape index (κ1) is 29.4. The molecule has 0 spiro atoms. The van der Waals surface area contributed by atoms with E-state index in [1.54, 1.807) is 49.1 Å². The van der Waals surface area contributed by atoms with Crippen LogP contribution < -0.4 is 27.2 Å². The van der Waals surface area contributed by atoms with Crippen molar-refractivity contribution in [1.29, 1.82) is 0 Å². The van der Waals surface area contributed by atoms with Gasteiger partial charge >= 0.3 is 6.03 Å². The Balaban J connectivity index is 1.16. The van der Waals surface area contributed by atoms with Gasteiger partial charge in [-0.2, -0.15) is 0 Å². The maximum atomic E-state index is 13.2. The van der Waals surface area contributed by atoms with Gasteiger partial charge in [0.05, 0.1) is 23.3 Å². The Morgan fingerprint density at radius 3 is 2.16 bits per heavy atom. The van der Waals surface area contributed by atoms with E-state index >= 15 is 0 Å².